The predicted octanol–water partition coefficient (Wildman–Crippen LogP) is -0.440. The summed E-state index contributed by atoms with van der Waals surface area (Å²) in [4.78, 5) is 2.40. The Bertz CT molecular complexity index is 518. The van der Waals surface area contributed by atoms with Crippen LogP contribution in [-0.4, -0.2) is 48.1 Å². The molecule has 6 heteroatoms. The van der Waals surface area contributed by atoms with Crippen LogP contribution in [0, 0.1) is 0 Å². The molecule has 3 unspecified atom stereocenters. The van der Waals surface area contributed by atoms with E-state index >= 15 is 0 Å². The lowest BCUT2D eigenvalue weighted by atomic mass is 9.97. The Hall–Kier alpha value is -1.01. The van der Waals surface area contributed by atoms with E-state index in [9.17, 15) is 5.11 Å². The summed E-state index contributed by atoms with van der Waals surface area (Å²) in [6.07, 6.45) is 3.27. The Kier molecular flexibility index (Phi) is 7.16. The molecule has 1 fully saturated rings. The molecule has 0 amide bonds. The van der Waals surface area contributed by atoms with Crippen molar-refractivity contribution in [3.63, 3.8) is 0 Å². The number of β-amino-alcohol motifs (C(OH)–C–C–N with tert-alkyl or cyclic N) is 1. The van der Waals surface area contributed by atoms with Gasteiger partial charge >= 0.3 is 0 Å². The third-order valence-corrected chi connectivity index (χ3v) is 4.81. The molecular formula is C18H27ClNO4-. The van der Waals surface area contributed by atoms with Crippen LogP contribution in [0.2, 0.25) is 0 Å². The molecule has 3 atom stereocenters. The SMILES string of the molecule is CC1CCCC(C)N1CC(O)COCc1ccc2c(c1)OCO2.[Cl-]. The summed E-state index contributed by atoms with van der Waals surface area (Å²) in [5.41, 5.74) is 1.03. The Morgan fingerprint density at radius 1 is 1.21 bits per heavy atom. The Morgan fingerprint density at radius 2 is 1.92 bits per heavy atom. The van der Waals surface area contributed by atoms with E-state index in [-0.39, 0.29) is 19.2 Å². The van der Waals surface area contributed by atoms with Crippen molar-refractivity contribution in [2.24, 2.45) is 0 Å². The monoisotopic (exact) mass is 356 g/mol. The first-order chi connectivity index (χ1) is 11.1. The number of hydrogen-bond acceptors (Lipinski definition) is 5. The van der Waals surface area contributed by atoms with Crippen LogP contribution in [-0.2, 0) is 11.3 Å². The van der Waals surface area contributed by atoms with E-state index in [0.29, 0.717) is 31.8 Å². The van der Waals surface area contributed by atoms with Crippen LogP contribution in [0.25, 0.3) is 0 Å². The molecule has 136 valence electrons. The molecule has 0 saturated carbocycles. The fraction of sp³-hybridized carbons (Fsp3) is 0.667. The normalized spacial score (nSPS) is 24.5. The third kappa shape index (κ3) is 4.76. The number of rotatable bonds is 6. The van der Waals surface area contributed by atoms with Crippen LogP contribution in [0.1, 0.15) is 38.7 Å². The maximum atomic E-state index is 10.3. The van der Waals surface area contributed by atoms with E-state index in [1.807, 2.05) is 18.2 Å². The fourth-order valence-electron chi connectivity index (χ4n) is 3.47. The lowest BCUT2D eigenvalue weighted by Crippen LogP contribution is -3.00. The van der Waals surface area contributed by atoms with Gasteiger partial charge in [0.25, 0.3) is 0 Å². The molecule has 0 bridgehead atoms. The smallest absolute Gasteiger partial charge is 0.231 e. The quantitative estimate of drug-likeness (QED) is 0.749. The second-order valence-electron chi connectivity index (χ2n) is 6.68. The second-order valence-corrected chi connectivity index (χ2v) is 6.68. The molecule has 0 aliphatic carbocycles. The number of likely N-dealkylation sites (tertiary alicyclic amines) is 1. The van der Waals surface area contributed by atoms with Crippen molar-refractivity contribution >= 4 is 0 Å². The average Bonchev–Trinajstić information content (AvgIpc) is 2.99. The van der Waals surface area contributed by atoms with E-state index in [0.717, 1.165) is 17.1 Å². The lowest BCUT2D eigenvalue weighted by Gasteiger charge is -2.40. The molecule has 0 aromatic heterocycles. The molecule has 1 aromatic rings. The van der Waals surface area contributed by atoms with E-state index in [1.165, 1.54) is 19.3 Å². The van der Waals surface area contributed by atoms with Gasteiger partial charge in [-0.25, -0.2) is 0 Å². The molecule has 2 aliphatic rings. The van der Waals surface area contributed by atoms with Crippen LogP contribution in [0.3, 0.4) is 0 Å². The van der Waals surface area contributed by atoms with Gasteiger partial charge in [-0.15, -0.1) is 0 Å². The number of fused-ring (bicyclic) bond motifs is 1. The van der Waals surface area contributed by atoms with Gasteiger partial charge in [0.1, 0.15) is 0 Å². The minimum absolute atomic E-state index is 0. The zero-order valence-corrected chi connectivity index (χ0v) is 15.2. The summed E-state index contributed by atoms with van der Waals surface area (Å²) < 4.78 is 16.3. The summed E-state index contributed by atoms with van der Waals surface area (Å²) in [7, 11) is 0. The molecule has 2 heterocycles. The van der Waals surface area contributed by atoms with E-state index in [1.54, 1.807) is 0 Å². The molecule has 5 nitrogen and oxygen atoms in total. The highest BCUT2D eigenvalue weighted by Gasteiger charge is 2.26. The number of nitrogens with zero attached hydrogens (tertiary/aromatic N) is 1. The maximum absolute atomic E-state index is 10.3. The van der Waals surface area contributed by atoms with E-state index in [4.69, 9.17) is 14.2 Å². The summed E-state index contributed by atoms with van der Waals surface area (Å²) in [5, 5.41) is 10.3. The molecule has 3 rings (SSSR count). The Morgan fingerprint density at radius 3 is 2.67 bits per heavy atom. The first-order valence-corrected chi connectivity index (χ1v) is 8.53. The van der Waals surface area contributed by atoms with Gasteiger partial charge in [0, 0.05) is 18.6 Å². The van der Waals surface area contributed by atoms with Crippen molar-refractivity contribution in [1.29, 1.82) is 0 Å². The van der Waals surface area contributed by atoms with Crippen LogP contribution >= 0.6 is 0 Å². The van der Waals surface area contributed by atoms with Crippen molar-refractivity contribution in [2.45, 2.75) is 57.9 Å². The van der Waals surface area contributed by atoms with Gasteiger partial charge in [-0.3, -0.25) is 4.90 Å². The highest BCUT2D eigenvalue weighted by molar-refractivity contribution is 5.44. The molecule has 0 radical (unpaired) electrons. The lowest BCUT2D eigenvalue weighted by molar-refractivity contribution is -0.0135. The third-order valence-electron chi connectivity index (χ3n) is 4.81. The van der Waals surface area contributed by atoms with Crippen molar-refractivity contribution in [2.75, 3.05) is 19.9 Å². The van der Waals surface area contributed by atoms with Crippen LogP contribution in [0.15, 0.2) is 18.2 Å². The fourth-order valence-corrected chi connectivity index (χ4v) is 3.47. The van der Waals surface area contributed by atoms with Gasteiger partial charge in [0.2, 0.25) is 6.79 Å². The summed E-state index contributed by atoms with van der Waals surface area (Å²) >= 11 is 0. The Labute approximate surface area is 150 Å². The molecule has 24 heavy (non-hydrogen) atoms. The average molecular weight is 357 g/mol. The summed E-state index contributed by atoms with van der Waals surface area (Å²) in [6.45, 7) is 6.28. The zero-order valence-electron chi connectivity index (χ0n) is 14.4. The van der Waals surface area contributed by atoms with Crippen molar-refractivity contribution in [3.05, 3.63) is 23.8 Å². The zero-order chi connectivity index (χ0) is 16.2. The number of aliphatic hydroxyl groups excluding tert-OH is 1. The number of halogens is 1. The minimum Gasteiger partial charge on any atom is -1.00 e. The predicted molar refractivity (Wildman–Crippen MR) is 87.7 cm³/mol. The maximum Gasteiger partial charge on any atom is 0.231 e. The summed E-state index contributed by atoms with van der Waals surface area (Å²) in [5.74, 6) is 1.55. The topological polar surface area (TPSA) is 51.2 Å². The van der Waals surface area contributed by atoms with Crippen molar-refractivity contribution < 1.29 is 31.7 Å². The van der Waals surface area contributed by atoms with Gasteiger partial charge in [-0.1, -0.05) is 12.5 Å². The molecule has 2 aliphatic heterocycles. The number of piperidine rings is 1. The van der Waals surface area contributed by atoms with Gasteiger partial charge in [0.15, 0.2) is 11.5 Å². The van der Waals surface area contributed by atoms with Gasteiger partial charge in [-0.05, 0) is 44.4 Å². The van der Waals surface area contributed by atoms with Gasteiger partial charge in [-0.2, -0.15) is 0 Å². The number of benzene rings is 1. The second kappa shape index (κ2) is 8.90. The summed E-state index contributed by atoms with van der Waals surface area (Å²) in [6, 6.07) is 6.89. The first-order valence-electron chi connectivity index (χ1n) is 8.53. The number of ether oxygens (including phenoxy) is 3. The Balaban J connectivity index is 0.00000208. The number of aliphatic hydroxyl groups is 1. The molecule has 1 aromatic carbocycles. The van der Waals surface area contributed by atoms with E-state index < -0.39 is 6.10 Å². The molecule has 1 saturated heterocycles. The van der Waals surface area contributed by atoms with E-state index in [2.05, 4.69) is 18.7 Å². The van der Waals surface area contributed by atoms with Crippen molar-refractivity contribution in [1.82, 2.24) is 4.90 Å². The minimum atomic E-state index is -0.452. The number of hydrogen-bond donors (Lipinski definition) is 1. The van der Waals surface area contributed by atoms with Gasteiger partial charge in [0.05, 0.1) is 19.3 Å². The highest BCUT2D eigenvalue weighted by atomic mass is 35.5. The van der Waals surface area contributed by atoms with Crippen LogP contribution in [0.4, 0.5) is 0 Å². The van der Waals surface area contributed by atoms with Crippen molar-refractivity contribution in [3.8, 4) is 11.5 Å². The molecular weight excluding hydrogens is 330 g/mol. The standard InChI is InChI=1S/C18H27NO4.ClH/c1-13-4-3-5-14(2)19(13)9-16(20)11-21-10-15-6-7-17-18(8-15)23-12-22-17;/h6-8,13-14,16,20H,3-5,9-12H2,1-2H3;1H/p-1. The largest absolute Gasteiger partial charge is 1.00 e. The molecule has 0 spiro atoms. The molecule has 1 N–H and O–H groups in total. The van der Waals surface area contributed by atoms with Crippen LogP contribution in [0.5, 0.6) is 11.5 Å². The first kappa shape index (κ1) is 19.3. The van der Waals surface area contributed by atoms with Crippen LogP contribution < -0.4 is 21.9 Å². The highest BCUT2D eigenvalue weighted by Crippen LogP contribution is 2.32. The van der Waals surface area contributed by atoms with Gasteiger partial charge < -0.3 is 31.7 Å².